The van der Waals surface area contributed by atoms with Crippen LogP contribution in [0, 0.1) is 5.82 Å². The minimum atomic E-state index is -0.487. The number of benzene rings is 1. The lowest BCUT2D eigenvalue weighted by molar-refractivity contribution is -0.147. The monoisotopic (exact) mass is 376 g/mol. The molecule has 2 heterocycles. The van der Waals surface area contributed by atoms with Gasteiger partial charge >= 0.3 is 11.8 Å². The van der Waals surface area contributed by atoms with Crippen molar-refractivity contribution in [2.45, 2.75) is 32.2 Å². The molecule has 3 rings (SSSR count). The summed E-state index contributed by atoms with van der Waals surface area (Å²) in [7, 11) is 0. The van der Waals surface area contributed by atoms with Gasteiger partial charge in [-0.3, -0.25) is 14.5 Å². The summed E-state index contributed by atoms with van der Waals surface area (Å²) in [6.07, 6.45) is 2.80. The van der Waals surface area contributed by atoms with Crippen LogP contribution in [0.1, 0.15) is 26.2 Å². The number of carbonyl (C=O) groups excluding carboxylic acids is 2. The molecule has 0 aromatic heterocycles. The van der Waals surface area contributed by atoms with E-state index < -0.39 is 11.8 Å². The number of anilines is 1. The van der Waals surface area contributed by atoms with Gasteiger partial charge in [-0.25, -0.2) is 4.39 Å². The highest BCUT2D eigenvalue weighted by atomic mass is 19.1. The number of likely N-dealkylation sites (tertiary alicyclic amines) is 1. The fourth-order valence-corrected chi connectivity index (χ4v) is 3.89. The van der Waals surface area contributed by atoms with Gasteiger partial charge in [0.15, 0.2) is 0 Å². The van der Waals surface area contributed by atoms with E-state index in [0.717, 1.165) is 51.1 Å². The van der Waals surface area contributed by atoms with Crippen LogP contribution in [0.25, 0.3) is 0 Å². The maximum atomic E-state index is 13.1. The van der Waals surface area contributed by atoms with Crippen LogP contribution in [-0.4, -0.2) is 73.5 Å². The normalized spacial score (nSPS) is 21.2. The number of hydrogen-bond acceptors (Lipinski definition) is 4. The van der Waals surface area contributed by atoms with Crippen LogP contribution in [0.2, 0.25) is 0 Å². The second-order valence-electron chi connectivity index (χ2n) is 7.30. The summed E-state index contributed by atoms with van der Waals surface area (Å²) >= 11 is 0. The number of nitrogens with one attached hydrogen (secondary N) is 1. The van der Waals surface area contributed by atoms with Crippen molar-refractivity contribution in [2.75, 3.05) is 50.7 Å². The van der Waals surface area contributed by atoms with E-state index >= 15 is 0 Å². The van der Waals surface area contributed by atoms with E-state index in [0.29, 0.717) is 25.7 Å². The van der Waals surface area contributed by atoms with Crippen molar-refractivity contribution in [3.8, 4) is 0 Å². The molecule has 27 heavy (non-hydrogen) atoms. The number of nitrogens with zero attached hydrogens (tertiary/aromatic N) is 3. The van der Waals surface area contributed by atoms with Crippen LogP contribution >= 0.6 is 0 Å². The van der Waals surface area contributed by atoms with Gasteiger partial charge in [-0.05, 0) is 43.5 Å². The number of hydrogen-bond donors (Lipinski definition) is 1. The predicted octanol–water partition coefficient (Wildman–Crippen LogP) is 1.46. The lowest BCUT2D eigenvalue weighted by atomic mass is 10.0. The first-order valence-corrected chi connectivity index (χ1v) is 9.90. The molecule has 7 heteroatoms. The molecule has 2 aliphatic rings. The first kappa shape index (κ1) is 19.6. The first-order chi connectivity index (χ1) is 13.1. The predicted molar refractivity (Wildman–Crippen MR) is 103 cm³/mol. The van der Waals surface area contributed by atoms with E-state index in [2.05, 4.69) is 15.1 Å². The van der Waals surface area contributed by atoms with Crippen LogP contribution in [0.15, 0.2) is 24.3 Å². The summed E-state index contributed by atoms with van der Waals surface area (Å²) in [6, 6.07) is 6.94. The highest BCUT2D eigenvalue weighted by Crippen LogP contribution is 2.21. The molecule has 2 saturated heterocycles. The van der Waals surface area contributed by atoms with Crippen molar-refractivity contribution in [3.63, 3.8) is 0 Å². The van der Waals surface area contributed by atoms with Crippen molar-refractivity contribution < 1.29 is 14.0 Å². The second-order valence-corrected chi connectivity index (χ2v) is 7.30. The van der Waals surface area contributed by atoms with E-state index in [4.69, 9.17) is 0 Å². The number of carbonyl (C=O) groups is 2. The Bertz CT molecular complexity index is 644. The molecule has 2 aliphatic heterocycles. The van der Waals surface area contributed by atoms with Crippen LogP contribution in [0.4, 0.5) is 10.1 Å². The molecule has 2 fully saturated rings. The Hall–Kier alpha value is -2.15. The SMILES string of the molecule is CCCNC(=O)C(=O)N1CCC[C@@H](N2CCN(c3ccc(F)cc3)CC2)C1. The highest BCUT2D eigenvalue weighted by Gasteiger charge is 2.32. The molecule has 1 aromatic rings. The van der Waals surface area contributed by atoms with Gasteiger partial charge in [0, 0.05) is 57.5 Å². The Morgan fingerprint density at radius 2 is 1.81 bits per heavy atom. The Balaban J connectivity index is 1.51. The average molecular weight is 376 g/mol. The van der Waals surface area contributed by atoms with Gasteiger partial charge in [0.25, 0.3) is 0 Å². The summed E-state index contributed by atoms with van der Waals surface area (Å²) in [4.78, 5) is 30.7. The zero-order chi connectivity index (χ0) is 19.2. The van der Waals surface area contributed by atoms with Crippen LogP contribution in [0.3, 0.4) is 0 Å². The van der Waals surface area contributed by atoms with Crippen molar-refractivity contribution in [1.29, 1.82) is 0 Å². The molecule has 1 aromatic carbocycles. The van der Waals surface area contributed by atoms with Crippen LogP contribution < -0.4 is 10.2 Å². The molecule has 1 N–H and O–H groups in total. The Morgan fingerprint density at radius 1 is 1.11 bits per heavy atom. The summed E-state index contributed by atoms with van der Waals surface area (Å²) in [5.41, 5.74) is 1.05. The summed E-state index contributed by atoms with van der Waals surface area (Å²) in [5, 5.41) is 2.67. The van der Waals surface area contributed by atoms with Gasteiger partial charge in [-0.15, -0.1) is 0 Å². The maximum absolute atomic E-state index is 13.1. The van der Waals surface area contributed by atoms with Gasteiger partial charge in [0.2, 0.25) is 0 Å². The van der Waals surface area contributed by atoms with Gasteiger partial charge < -0.3 is 15.1 Å². The molecule has 0 aliphatic carbocycles. The quantitative estimate of drug-likeness (QED) is 0.809. The summed E-state index contributed by atoms with van der Waals surface area (Å²) < 4.78 is 13.1. The van der Waals surface area contributed by atoms with Gasteiger partial charge in [0.1, 0.15) is 5.82 Å². The molecule has 0 unspecified atom stereocenters. The molecular weight excluding hydrogens is 347 g/mol. The van der Waals surface area contributed by atoms with E-state index in [1.165, 1.54) is 12.1 Å². The van der Waals surface area contributed by atoms with E-state index in [-0.39, 0.29) is 5.82 Å². The molecule has 0 radical (unpaired) electrons. The minimum Gasteiger partial charge on any atom is -0.369 e. The number of amides is 2. The topological polar surface area (TPSA) is 55.9 Å². The Morgan fingerprint density at radius 3 is 2.48 bits per heavy atom. The maximum Gasteiger partial charge on any atom is 0.311 e. The molecule has 2 amide bonds. The van der Waals surface area contributed by atoms with E-state index in [1.54, 1.807) is 4.90 Å². The van der Waals surface area contributed by atoms with Crippen LogP contribution in [0.5, 0.6) is 0 Å². The fraction of sp³-hybridized carbons (Fsp3) is 0.600. The summed E-state index contributed by atoms with van der Waals surface area (Å²) in [5.74, 6) is -1.11. The molecular formula is C20H29FN4O2. The summed E-state index contributed by atoms with van der Waals surface area (Å²) in [6.45, 7) is 7.36. The first-order valence-electron chi connectivity index (χ1n) is 9.90. The fourth-order valence-electron chi connectivity index (χ4n) is 3.89. The van der Waals surface area contributed by atoms with Gasteiger partial charge in [-0.1, -0.05) is 6.92 Å². The van der Waals surface area contributed by atoms with Crippen molar-refractivity contribution in [3.05, 3.63) is 30.1 Å². The van der Waals surface area contributed by atoms with Crippen molar-refractivity contribution >= 4 is 17.5 Å². The molecule has 0 bridgehead atoms. The molecule has 0 spiro atoms. The zero-order valence-electron chi connectivity index (χ0n) is 16.0. The zero-order valence-corrected chi connectivity index (χ0v) is 16.0. The molecule has 6 nitrogen and oxygen atoms in total. The molecule has 1 atom stereocenters. The number of piperazine rings is 1. The lowest BCUT2D eigenvalue weighted by Gasteiger charge is -2.43. The van der Waals surface area contributed by atoms with Crippen molar-refractivity contribution in [1.82, 2.24) is 15.1 Å². The number of halogens is 1. The van der Waals surface area contributed by atoms with Crippen molar-refractivity contribution in [2.24, 2.45) is 0 Å². The average Bonchev–Trinajstić information content (AvgIpc) is 2.72. The van der Waals surface area contributed by atoms with E-state index in [9.17, 15) is 14.0 Å². The Labute approximate surface area is 160 Å². The lowest BCUT2D eigenvalue weighted by Crippen LogP contribution is -2.57. The third-order valence-electron chi connectivity index (χ3n) is 5.44. The van der Waals surface area contributed by atoms with Crippen LogP contribution in [-0.2, 0) is 9.59 Å². The van der Waals surface area contributed by atoms with E-state index in [1.807, 2.05) is 19.1 Å². The number of rotatable bonds is 4. The molecule has 0 saturated carbocycles. The van der Waals surface area contributed by atoms with Gasteiger partial charge in [0.05, 0.1) is 0 Å². The number of piperidine rings is 1. The standard InChI is InChI=1S/C20H29FN4O2/c1-2-9-22-19(26)20(27)25-10-3-4-18(15-25)24-13-11-23(12-14-24)17-7-5-16(21)6-8-17/h5-8,18H,2-4,9-15H2,1H3,(H,22,26)/t18-/m1/s1. The smallest absolute Gasteiger partial charge is 0.311 e. The third kappa shape index (κ3) is 4.97. The van der Waals surface area contributed by atoms with Gasteiger partial charge in [-0.2, -0.15) is 0 Å². The second kappa shape index (κ2) is 9.17. The Kier molecular flexibility index (Phi) is 6.66. The highest BCUT2D eigenvalue weighted by molar-refractivity contribution is 6.35. The largest absolute Gasteiger partial charge is 0.369 e. The molecule has 148 valence electrons. The third-order valence-corrected chi connectivity index (χ3v) is 5.44. The minimum absolute atomic E-state index is 0.215.